The molecule has 2 atom stereocenters. The second-order valence-electron chi connectivity index (χ2n) is 4.65. The van der Waals surface area contributed by atoms with Gasteiger partial charge in [-0.3, -0.25) is 4.79 Å². The van der Waals surface area contributed by atoms with Gasteiger partial charge in [0.1, 0.15) is 0 Å². The third-order valence-electron chi connectivity index (χ3n) is 3.47. The minimum atomic E-state index is 0.373. The fourth-order valence-electron chi connectivity index (χ4n) is 2.61. The molecule has 0 bridgehead atoms. The summed E-state index contributed by atoms with van der Waals surface area (Å²) in [6.45, 7) is 6.23. The van der Waals surface area contributed by atoms with Crippen LogP contribution in [0.15, 0.2) is 0 Å². The molecular formula is C13H25N2O. The summed E-state index contributed by atoms with van der Waals surface area (Å²) in [5.74, 6) is 0. The summed E-state index contributed by atoms with van der Waals surface area (Å²) in [6.07, 6.45) is 9.26. The summed E-state index contributed by atoms with van der Waals surface area (Å²) in [6, 6.07) is 0.837. The standard InChI is InChI=1S/C13H25N2O/c1-3-5-8-12(14-4-2)13-9-6-7-10-15(13)11-16/h12-14H,3-10H2,1-2H3. The van der Waals surface area contributed by atoms with Crippen LogP contribution in [0.5, 0.6) is 0 Å². The summed E-state index contributed by atoms with van der Waals surface area (Å²) in [5, 5.41) is 3.53. The maximum atomic E-state index is 10.9. The lowest BCUT2D eigenvalue weighted by atomic mass is 9.92. The Morgan fingerprint density at radius 1 is 1.44 bits per heavy atom. The predicted octanol–water partition coefficient (Wildman–Crippen LogP) is 2.08. The molecule has 1 N–H and O–H groups in total. The number of carbonyl (C=O) groups excluding carboxylic acids is 1. The van der Waals surface area contributed by atoms with Crippen molar-refractivity contribution in [3.05, 3.63) is 0 Å². The highest BCUT2D eigenvalue weighted by Gasteiger charge is 2.28. The van der Waals surface area contributed by atoms with E-state index in [4.69, 9.17) is 0 Å². The van der Waals surface area contributed by atoms with E-state index in [1.54, 1.807) is 0 Å². The highest BCUT2D eigenvalue weighted by atomic mass is 16.1. The Labute approximate surface area is 99.6 Å². The van der Waals surface area contributed by atoms with Crippen molar-refractivity contribution in [2.75, 3.05) is 13.1 Å². The van der Waals surface area contributed by atoms with Gasteiger partial charge in [-0.05, 0) is 32.2 Å². The van der Waals surface area contributed by atoms with Crippen LogP contribution < -0.4 is 5.32 Å². The van der Waals surface area contributed by atoms with Crippen LogP contribution in [0.4, 0.5) is 0 Å². The molecule has 1 amide bonds. The van der Waals surface area contributed by atoms with Gasteiger partial charge in [0.15, 0.2) is 0 Å². The minimum Gasteiger partial charge on any atom is -0.330 e. The highest BCUT2D eigenvalue weighted by molar-refractivity contribution is 5.49. The largest absolute Gasteiger partial charge is 0.330 e. The van der Waals surface area contributed by atoms with Crippen molar-refractivity contribution in [3.8, 4) is 0 Å². The van der Waals surface area contributed by atoms with Gasteiger partial charge in [0, 0.05) is 18.6 Å². The highest BCUT2D eigenvalue weighted by Crippen LogP contribution is 2.21. The Balaban J connectivity index is 2.54. The van der Waals surface area contributed by atoms with Crippen molar-refractivity contribution in [2.45, 2.75) is 64.5 Å². The molecule has 2 unspecified atom stereocenters. The molecule has 0 spiro atoms. The average molecular weight is 225 g/mol. The van der Waals surface area contributed by atoms with E-state index in [-0.39, 0.29) is 0 Å². The summed E-state index contributed by atoms with van der Waals surface area (Å²) in [7, 11) is 0. The third-order valence-corrected chi connectivity index (χ3v) is 3.47. The fraction of sp³-hybridized carbons (Fsp3) is 0.923. The number of nitrogens with one attached hydrogen (secondary N) is 1. The lowest BCUT2D eigenvalue weighted by molar-refractivity contribution is 0.178. The topological polar surface area (TPSA) is 32.3 Å². The van der Waals surface area contributed by atoms with E-state index in [0.717, 1.165) is 25.9 Å². The molecule has 3 heteroatoms. The molecule has 16 heavy (non-hydrogen) atoms. The maximum absolute atomic E-state index is 10.9. The van der Waals surface area contributed by atoms with Crippen LogP contribution in [0.3, 0.4) is 0 Å². The van der Waals surface area contributed by atoms with E-state index in [1.165, 1.54) is 25.7 Å². The normalized spacial score (nSPS) is 23.1. The molecule has 1 radical (unpaired) electrons. The zero-order chi connectivity index (χ0) is 11.8. The second-order valence-corrected chi connectivity index (χ2v) is 4.65. The molecule has 1 saturated heterocycles. The number of likely N-dealkylation sites (N-methyl/N-ethyl adjacent to an activating group) is 1. The van der Waals surface area contributed by atoms with Gasteiger partial charge in [-0.25, -0.2) is 0 Å². The first-order chi connectivity index (χ1) is 7.83. The Kier molecular flexibility index (Phi) is 6.46. The molecule has 1 aliphatic heterocycles. The molecule has 0 aromatic carbocycles. The molecule has 1 rings (SSSR count). The fourth-order valence-corrected chi connectivity index (χ4v) is 2.61. The van der Waals surface area contributed by atoms with Crippen LogP contribution in [0, 0.1) is 0 Å². The Bertz CT molecular complexity index is 196. The van der Waals surface area contributed by atoms with Crippen molar-refractivity contribution in [2.24, 2.45) is 0 Å². The number of unbranched alkanes of at least 4 members (excludes halogenated alkanes) is 1. The Morgan fingerprint density at radius 2 is 2.25 bits per heavy atom. The minimum absolute atomic E-state index is 0.373. The van der Waals surface area contributed by atoms with Gasteiger partial charge in [0.05, 0.1) is 0 Å². The van der Waals surface area contributed by atoms with Crippen LogP contribution in [-0.2, 0) is 4.79 Å². The van der Waals surface area contributed by atoms with E-state index < -0.39 is 0 Å². The average Bonchev–Trinajstić information content (AvgIpc) is 2.34. The first-order valence-electron chi connectivity index (χ1n) is 6.71. The molecule has 93 valence electrons. The molecule has 3 nitrogen and oxygen atoms in total. The van der Waals surface area contributed by atoms with Gasteiger partial charge in [0.25, 0.3) is 0 Å². The summed E-state index contributed by atoms with van der Waals surface area (Å²) in [4.78, 5) is 12.8. The SMILES string of the molecule is CCCCC(NCC)C1CCCCN1[C]=O. The second kappa shape index (κ2) is 7.66. The number of piperidine rings is 1. The van der Waals surface area contributed by atoms with E-state index in [9.17, 15) is 4.79 Å². The quantitative estimate of drug-likeness (QED) is 0.719. The molecule has 1 aliphatic rings. The summed E-state index contributed by atoms with van der Waals surface area (Å²) < 4.78 is 0. The van der Waals surface area contributed by atoms with E-state index in [1.807, 2.05) is 4.90 Å². The monoisotopic (exact) mass is 225 g/mol. The van der Waals surface area contributed by atoms with Crippen LogP contribution >= 0.6 is 0 Å². The maximum Gasteiger partial charge on any atom is 0.312 e. The lowest BCUT2D eigenvalue weighted by Gasteiger charge is -2.38. The van der Waals surface area contributed by atoms with E-state index in [2.05, 4.69) is 25.6 Å². The summed E-state index contributed by atoms with van der Waals surface area (Å²) in [5.41, 5.74) is 0. The van der Waals surface area contributed by atoms with Crippen molar-refractivity contribution in [3.63, 3.8) is 0 Å². The van der Waals surface area contributed by atoms with Crippen LogP contribution in [0.25, 0.3) is 0 Å². The van der Waals surface area contributed by atoms with Gasteiger partial charge in [-0.2, -0.15) is 0 Å². The number of nitrogens with zero attached hydrogens (tertiary/aromatic N) is 1. The summed E-state index contributed by atoms with van der Waals surface area (Å²) >= 11 is 0. The Morgan fingerprint density at radius 3 is 2.88 bits per heavy atom. The van der Waals surface area contributed by atoms with Gasteiger partial charge in [0.2, 0.25) is 0 Å². The van der Waals surface area contributed by atoms with E-state index in [0.29, 0.717) is 12.1 Å². The van der Waals surface area contributed by atoms with Crippen LogP contribution in [0.1, 0.15) is 52.4 Å². The molecule has 0 aromatic rings. The number of hydrogen-bond donors (Lipinski definition) is 1. The van der Waals surface area contributed by atoms with Gasteiger partial charge < -0.3 is 10.2 Å². The predicted molar refractivity (Wildman–Crippen MR) is 67.0 cm³/mol. The van der Waals surface area contributed by atoms with Crippen LogP contribution in [-0.4, -0.2) is 36.5 Å². The molecule has 0 aliphatic carbocycles. The van der Waals surface area contributed by atoms with Crippen molar-refractivity contribution >= 4 is 6.41 Å². The third kappa shape index (κ3) is 3.78. The van der Waals surface area contributed by atoms with Gasteiger partial charge >= 0.3 is 6.41 Å². The smallest absolute Gasteiger partial charge is 0.312 e. The van der Waals surface area contributed by atoms with Crippen LogP contribution in [0.2, 0.25) is 0 Å². The molecule has 1 fully saturated rings. The first kappa shape index (κ1) is 13.5. The number of hydrogen-bond acceptors (Lipinski definition) is 2. The number of rotatable bonds is 7. The number of amides is 1. The zero-order valence-corrected chi connectivity index (χ0v) is 10.7. The molecule has 0 aromatic heterocycles. The zero-order valence-electron chi connectivity index (χ0n) is 10.7. The van der Waals surface area contributed by atoms with Gasteiger partial charge in [-0.1, -0.05) is 26.7 Å². The van der Waals surface area contributed by atoms with Crippen molar-refractivity contribution in [1.82, 2.24) is 10.2 Å². The lowest BCUT2D eigenvalue weighted by Crippen LogP contribution is -2.51. The number of likely N-dealkylation sites (tertiary alicyclic amines) is 1. The molecule has 1 heterocycles. The Hall–Kier alpha value is -0.570. The molecule has 0 saturated carbocycles. The molecular weight excluding hydrogens is 200 g/mol. The van der Waals surface area contributed by atoms with E-state index >= 15 is 0 Å². The van der Waals surface area contributed by atoms with Crippen molar-refractivity contribution in [1.29, 1.82) is 0 Å². The van der Waals surface area contributed by atoms with Crippen molar-refractivity contribution < 1.29 is 4.79 Å². The van der Waals surface area contributed by atoms with Gasteiger partial charge in [-0.15, -0.1) is 0 Å². The first-order valence-corrected chi connectivity index (χ1v) is 6.71.